The van der Waals surface area contributed by atoms with Gasteiger partial charge in [-0.3, -0.25) is 14.4 Å². The molecule has 0 radical (unpaired) electrons. The number of carboxylic acids is 1. The van der Waals surface area contributed by atoms with Crippen molar-refractivity contribution in [1.29, 1.82) is 0 Å². The van der Waals surface area contributed by atoms with E-state index in [-0.39, 0.29) is 6.54 Å². The molecule has 0 saturated heterocycles. The molecular weight excluding hydrogens is 212 g/mol. The van der Waals surface area contributed by atoms with E-state index in [1.54, 1.807) is 29.9 Å². The van der Waals surface area contributed by atoms with Gasteiger partial charge >= 0.3 is 5.97 Å². The molecule has 0 aliphatic heterocycles. The number of nitrogens with zero attached hydrogens (tertiary/aromatic N) is 4. The predicted molar refractivity (Wildman–Crippen MR) is 55.8 cm³/mol. The van der Waals surface area contributed by atoms with Crippen LogP contribution in [-0.2, 0) is 23.1 Å². The molecule has 0 aliphatic rings. The monoisotopic (exact) mass is 228 g/mol. The van der Waals surface area contributed by atoms with Crippen LogP contribution in [0.5, 0.6) is 0 Å². The number of hydrogen-bond acceptors (Lipinski definition) is 5. The maximum atomic E-state index is 10.6. The smallest absolute Gasteiger partial charge is 0.317 e. The van der Waals surface area contributed by atoms with Crippen LogP contribution in [0.15, 0.2) is 6.20 Å². The minimum absolute atomic E-state index is 0.0278. The molecule has 7 nitrogen and oxygen atoms in total. The Morgan fingerprint density at radius 3 is 2.94 bits per heavy atom. The van der Waals surface area contributed by atoms with E-state index in [4.69, 9.17) is 9.84 Å². The summed E-state index contributed by atoms with van der Waals surface area (Å²) in [4.78, 5) is 12.4. The fraction of sp³-hybridized carbons (Fsp3) is 0.667. The van der Waals surface area contributed by atoms with Gasteiger partial charge in [0, 0.05) is 33.4 Å². The number of carboxylic acid groups (broad SMARTS) is 1. The summed E-state index contributed by atoms with van der Waals surface area (Å²) in [6.45, 7) is 1.48. The number of carbonyl (C=O) groups is 1. The van der Waals surface area contributed by atoms with Crippen molar-refractivity contribution >= 4 is 5.97 Å². The molecule has 1 N–H and O–H groups in total. The van der Waals surface area contributed by atoms with Crippen LogP contribution >= 0.6 is 0 Å². The molecule has 1 aromatic rings. The molecule has 16 heavy (non-hydrogen) atoms. The normalized spacial score (nSPS) is 10.9. The van der Waals surface area contributed by atoms with Gasteiger partial charge in [-0.2, -0.15) is 0 Å². The van der Waals surface area contributed by atoms with Gasteiger partial charge in [0.1, 0.15) is 0 Å². The molecule has 0 fully saturated rings. The average Bonchev–Trinajstić information content (AvgIpc) is 2.59. The fourth-order valence-electron chi connectivity index (χ4n) is 1.32. The molecule has 0 aliphatic carbocycles. The largest absolute Gasteiger partial charge is 0.480 e. The molecule has 0 amide bonds. The first kappa shape index (κ1) is 12.6. The number of aromatic nitrogens is 3. The Labute approximate surface area is 93.6 Å². The highest BCUT2D eigenvalue weighted by Crippen LogP contribution is 1.99. The van der Waals surface area contributed by atoms with Gasteiger partial charge in [0.2, 0.25) is 0 Å². The van der Waals surface area contributed by atoms with Gasteiger partial charge < -0.3 is 9.84 Å². The Balaban J connectivity index is 2.51. The van der Waals surface area contributed by atoms with Gasteiger partial charge in [-0.25, -0.2) is 0 Å². The SMILES string of the molecule is COCCN(CC(=O)O)Cc1cn(C)nn1. The molecule has 1 rings (SSSR count). The number of rotatable bonds is 7. The Kier molecular flexibility index (Phi) is 4.87. The number of ether oxygens (including phenoxy) is 1. The van der Waals surface area contributed by atoms with Gasteiger partial charge in [-0.05, 0) is 0 Å². The van der Waals surface area contributed by atoms with Gasteiger partial charge in [-0.15, -0.1) is 5.10 Å². The number of aryl methyl sites for hydroxylation is 1. The predicted octanol–water partition coefficient (Wildman–Crippen LogP) is -0.652. The average molecular weight is 228 g/mol. The van der Waals surface area contributed by atoms with Crippen LogP contribution < -0.4 is 0 Å². The molecule has 0 unspecified atom stereocenters. The van der Waals surface area contributed by atoms with Gasteiger partial charge in [0.25, 0.3) is 0 Å². The summed E-state index contributed by atoms with van der Waals surface area (Å²) in [7, 11) is 3.36. The second kappa shape index (κ2) is 6.19. The summed E-state index contributed by atoms with van der Waals surface area (Å²) in [6, 6.07) is 0. The molecule has 1 heterocycles. The van der Waals surface area contributed by atoms with Crippen LogP contribution in [0.4, 0.5) is 0 Å². The third-order valence-electron chi connectivity index (χ3n) is 2.01. The zero-order valence-electron chi connectivity index (χ0n) is 9.46. The Morgan fingerprint density at radius 2 is 2.44 bits per heavy atom. The lowest BCUT2D eigenvalue weighted by molar-refractivity contribution is -0.138. The van der Waals surface area contributed by atoms with E-state index < -0.39 is 5.97 Å². The second-order valence-electron chi connectivity index (χ2n) is 3.48. The zero-order chi connectivity index (χ0) is 12.0. The first-order valence-corrected chi connectivity index (χ1v) is 4.90. The standard InChI is InChI=1S/C9H16N4O3/c1-12-5-8(10-11-12)6-13(3-4-16-2)7-9(14)15/h5H,3-4,6-7H2,1-2H3,(H,14,15). The van der Waals surface area contributed by atoms with Crippen molar-refractivity contribution in [3.63, 3.8) is 0 Å². The van der Waals surface area contributed by atoms with Crippen molar-refractivity contribution in [2.45, 2.75) is 6.54 Å². The molecule has 90 valence electrons. The molecule has 0 bridgehead atoms. The van der Waals surface area contributed by atoms with E-state index in [9.17, 15) is 4.79 Å². The van der Waals surface area contributed by atoms with Crippen LogP contribution in [0, 0.1) is 0 Å². The fourth-order valence-corrected chi connectivity index (χ4v) is 1.32. The van der Waals surface area contributed by atoms with Crippen molar-refractivity contribution in [2.24, 2.45) is 7.05 Å². The molecule has 0 atom stereocenters. The Hall–Kier alpha value is -1.47. The summed E-state index contributed by atoms with van der Waals surface area (Å²) in [5.41, 5.74) is 0.750. The maximum absolute atomic E-state index is 10.6. The molecule has 0 spiro atoms. The lowest BCUT2D eigenvalue weighted by Crippen LogP contribution is -2.32. The van der Waals surface area contributed by atoms with E-state index in [1.807, 2.05) is 0 Å². The highest BCUT2D eigenvalue weighted by atomic mass is 16.5. The third-order valence-corrected chi connectivity index (χ3v) is 2.01. The lowest BCUT2D eigenvalue weighted by Gasteiger charge is -2.17. The van der Waals surface area contributed by atoms with Gasteiger partial charge in [0.15, 0.2) is 0 Å². The van der Waals surface area contributed by atoms with E-state index >= 15 is 0 Å². The summed E-state index contributed by atoms with van der Waals surface area (Å²) in [6.07, 6.45) is 1.77. The molecule has 0 saturated carbocycles. The first-order valence-electron chi connectivity index (χ1n) is 4.90. The topological polar surface area (TPSA) is 80.5 Å². The summed E-state index contributed by atoms with van der Waals surface area (Å²) >= 11 is 0. The van der Waals surface area contributed by atoms with Crippen molar-refractivity contribution in [2.75, 3.05) is 26.8 Å². The lowest BCUT2D eigenvalue weighted by atomic mass is 10.4. The molecule has 1 aromatic heterocycles. The minimum atomic E-state index is -0.861. The maximum Gasteiger partial charge on any atom is 0.317 e. The van der Waals surface area contributed by atoms with E-state index in [0.717, 1.165) is 5.69 Å². The Morgan fingerprint density at radius 1 is 1.69 bits per heavy atom. The molecular formula is C9H16N4O3. The van der Waals surface area contributed by atoms with Crippen molar-refractivity contribution < 1.29 is 14.6 Å². The van der Waals surface area contributed by atoms with E-state index in [1.165, 1.54) is 0 Å². The van der Waals surface area contributed by atoms with Crippen molar-refractivity contribution in [3.05, 3.63) is 11.9 Å². The highest BCUT2D eigenvalue weighted by Gasteiger charge is 2.11. The summed E-state index contributed by atoms with van der Waals surface area (Å²) in [5, 5.41) is 16.4. The van der Waals surface area contributed by atoms with Crippen LogP contribution in [0.3, 0.4) is 0 Å². The third kappa shape index (κ3) is 4.37. The molecule has 7 heteroatoms. The molecule has 0 aromatic carbocycles. The van der Waals surface area contributed by atoms with Crippen LogP contribution in [-0.4, -0.2) is 57.8 Å². The van der Waals surface area contributed by atoms with Crippen LogP contribution in [0.1, 0.15) is 5.69 Å². The van der Waals surface area contributed by atoms with Crippen LogP contribution in [0.2, 0.25) is 0 Å². The summed E-state index contributed by atoms with van der Waals surface area (Å²) in [5.74, 6) is -0.861. The first-order chi connectivity index (χ1) is 7.61. The van der Waals surface area contributed by atoms with Gasteiger partial charge in [-0.1, -0.05) is 5.21 Å². The van der Waals surface area contributed by atoms with Crippen molar-refractivity contribution in [1.82, 2.24) is 19.9 Å². The summed E-state index contributed by atoms with van der Waals surface area (Å²) < 4.78 is 6.51. The van der Waals surface area contributed by atoms with Crippen LogP contribution in [0.25, 0.3) is 0 Å². The second-order valence-corrected chi connectivity index (χ2v) is 3.48. The van der Waals surface area contributed by atoms with Crippen molar-refractivity contribution in [3.8, 4) is 0 Å². The number of aliphatic carboxylic acids is 1. The highest BCUT2D eigenvalue weighted by molar-refractivity contribution is 5.69. The number of methoxy groups -OCH3 is 1. The quantitative estimate of drug-likeness (QED) is 0.668. The van der Waals surface area contributed by atoms with Gasteiger partial charge in [0.05, 0.1) is 18.8 Å². The van der Waals surface area contributed by atoms with E-state index in [2.05, 4.69) is 10.3 Å². The zero-order valence-corrected chi connectivity index (χ0v) is 9.46. The minimum Gasteiger partial charge on any atom is -0.480 e. The van der Waals surface area contributed by atoms with E-state index in [0.29, 0.717) is 19.7 Å². The number of hydrogen-bond donors (Lipinski definition) is 1. The Bertz CT molecular complexity index is 339.